The van der Waals surface area contributed by atoms with Gasteiger partial charge in [-0.2, -0.15) is 0 Å². The van der Waals surface area contributed by atoms with Gasteiger partial charge in [-0.3, -0.25) is 0 Å². The van der Waals surface area contributed by atoms with Gasteiger partial charge in [0.1, 0.15) is 5.75 Å². The lowest BCUT2D eigenvalue weighted by atomic mass is 10.3. The van der Waals surface area contributed by atoms with Crippen molar-refractivity contribution in [1.82, 2.24) is 0 Å². The van der Waals surface area contributed by atoms with Gasteiger partial charge in [0.05, 0.1) is 0 Å². The molecule has 0 amide bonds. The van der Waals surface area contributed by atoms with Crippen LogP contribution in [0.25, 0.3) is 0 Å². The Labute approximate surface area is 105 Å². The molecule has 2 N–H and O–H groups in total. The SMILES string of the molecule is C[C@H](Oc1cccc(SCCCO)c1)C(=O)O. The fourth-order valence-electron chi connectivity index (χ4n) is 1.15. The zero-order chi connectivity index (χ0) is 12.7. The lowest BCUT2D eigenvalue weighted by molar-refractivity contribution is -0.144. The lowest BCUT2D eigenvalue weighted by Gasteiger charge is -2.11. The first-order chi connectivity index (χ1) is 8.13. The van der Waals surface area contributed by atoms with Crippen molar-refractivity contribution in [2.75, 3.05) is 12.4 Å². The van der Waals surface area contributed by atoms with Gasteiger partial charge in [-0.1, -0.05) is 6.07 Å². The third kappa shape index (κ3) is 5.10. The summed E-state index contributed by atoms with van der Waals surface area (Å²) >= 11 is 1.61. The van der Waals surface area contributed by atoms with E-state index in [1.165, 1.54) is 6.92 Å². The molecule has 1 rings (SSSR count). The van der Waals surface area contributed by atoms with Crippen LogP contribution < -0.4 is 4.74 Å². The van der Waals surface area contributed by atoms with E-state index in [1.54, 1.807) is 17.8 Å². The summed E-state index contributed by atoms with van der Waals surface area (Å²) in [6.45, 7) is 1.67. The van der Waals surface area contributed by atoms with Crippen molar-refractivity contribution in [2.45, 2.75) is 24.3 Å². The standard InChI is InChI=1S/C12H16O4S/c1-9(12(14)15)16-10-4-2-5-11(8-10)17-7-3-6-13/h2,4-5,8-9,13H,3,6-7H2,1H3,(H,14,15)/t9-/m0/s1. The first-order valence-corrected chi connectivity index (χ1v) is 6.35. The van der Waals surface area contributed by atoms with E-state index in [9.17, 15) is 4.79 Å². The summed E-state index contributed by atoms with van der Waals surface area (Å²) in [4.78, 5) is 11.6. The molecule has 0 heterocycles. The second-order valence-corrected chi connectivity index (χ2v) is 4.67. The van der Waals surface area contributed by atoms with E-state index in [0.717, 1.165) is 17.1 Å². The topological polar surface area (TPSA) is 66.8 Å². The Balaban J connectivity index is 2.56. The van der Waals surface area contributed by atoms with E-state index in [-0.39, 0.29) is 6.61 Å². The molecule has 0 saturated heterocycles. The first-order valence-electron chi connectivity index (χ1n) is 5.36. The van der Waals surface area contributed by atoms with Crippen LogP contribution in [-0.4, -0.2) is 34.6 Å². The van der Waals surface area contributed by atoms with E-state index in [4.69, 9.17) is 14.9 Å². The molecule has 0 aromatic heterocycles. The molecule has 0 aliphatic heterocycles. The van der Waals surface area contributed by atoms with Crippen LogP contribution in [0, 0.1) is 0 Å². The smallest absolute Gasteiger partial charge is 0.344 e. The van der Waals surface area contributed by atoms with Gasteiger partial charge >= 0.3 is 5.97 Å². The molecule has 0 aliphatic carbocycles. The van der Waals surface area contributed by atoms with Crippen LogP contribution in [-0.2, 0) is 4.79 Å². The molecular formula is C12H16O4S. The van der Waals surface area contributed by atoms with Gasteiger partial charge < -0.3 is 14.9 Å². The Hall–Kier alpha value is -1.20. The number of ether oxygens (including phenoxy) is 1. The minimum absolute atomic E-state index is 0.180. The average molecular weight is 256 g/mol. The van der Waals surface area contributed by atoms with Gasteiger partial charge in [0, 0.05) is 17.3 Å². The van der Waals surface area contributed by atoms with E-state index in [0.29, 0.717) is 5.75 Å². The zero-order valence-corrected chi connectivity index (χ0v) is 10.4. The summed E-state index contributed by atoms with van der Waals surface area (Å²) in [5, 5.41) is 17.4. The highest BCUT2D eigenvalue weighted by atomic mass is 32.2. The second kappa shape index (κ2) is 7.19. The molecule has 0 aliphatic rings. The minimum Gasteiger partial charge on any atom is -0.479 e. The number of aliphatic carboxylic acids is 1. The molecule has 0 fully saturated rings. The highest BCUT2D eigenvalue weighted by Gasteiger charge is 2.12. The van der Waals surface area contributed by atoms with Crippen LogP contribution in [0.2, 0.25) is 0 Å². The summed E-state index contributed by atoms with van der Waals surface area (Å²) < 4.78 is 5.26. The van der Waals surface area contributed by atoms with Crippen molar-refractivity contribution in [3.8, 4) is 5.75 Å². The molecular weight excluding hydrogens is 240 g/mol. The maximum absolute atomic E-state index is 10.6. The number of hydrogen-bond donors (Lipinski definition) is 2. The molecule has 4 nitrogen and oxygen atoms in total. The van der Waals surface area contributed by atoms with E-state index >= 15 is 0 Å². The monoisotopic (exact) mass is 256 g/mol. The molecule has 0 bridgehead atoms. The van der Waals surface area contributed by atoms with Crippen molar-refractivity contribution in [1.29, 1.82) is 0 Å². The van der Waals surface area contributed by atoms with Crippen LogP contribution in [0.5, 0.6) is 5.75 Å². The molecule has 1 aromatic rings. The first kappa shape index (κ1) is 13.9. The van der Waals surface area contributed by atoms with Crippen molar-refractivity contribution in [2.24, 2.45) is 0 Å². The summed E-state index contributed by atoms with van der Waals surface area (Å²) in [5.41, 5.74) is 0. The van der Waals surface area contributed by atoms with Gasteiger partial charge in [-0.15, -0.1) is 11.8 Å². The van der Waals surface area contributed by atoms with Gasteiger partial charge in [-0.25, -0.2) is 4.79 Å². The molecule has 5 heteroatoms. The Morgan fingerprint density at radius 2 is 2.29 bits per heavy atom. The molecule has 94 valence electrons. The zero-order valence-electron chi connectivity index (χ0n) is 9.63. The quantitative estimate of drug-likeness (QED) is 0.577. The molecule has 1 aromatic carbocycles. The fraction of sp³-hybridized carbons (Fsp3) is 0.417. The Morgan fingerprint density at radius 3 is 2.94 bits per heavy atom. The molecule has 1 atom stereocenters. The third-order valence-electron chi connectivity index (χ3n) is 2.04. The van der Waals surface area contributed by atoms with Gasteiger partial charge in [0.2, 0.25) is 0 Å². The third-order valence-corrected chi connectivity index (χ3v) is 3.12. The highest BCUT2D eigenvalue weighted by Crippen LogP contribution is 2.24. The number of benzene rings is 1. The fourth-order valence-corrected chi connectivity index (χ4v) is 2.03. The van der Waals surface area contributed by atoms with E-state index in [1.807, 2.05) is 18.2 Å². The van der Waals surface area contributed by atoms with Crippen molar-refractivity contribution >= 4 is 17.7 Å². The van der Waals surface area contributed by atoms with Crippen LogP contribution >= 0.6 is 11.8 Å². The Bertz CT molecular complexity index is 367. The summed E-state index contributed by atoms with van der Waals surface area (Å²) in [7, 11) is 0. The predicted molar refractivity (Wildman–Crippen MR) is 66.6 cm³/mol. The van der Waals surface area contributed by atoms with E-state index in [2.05, 4.69) is 0 Å². The number of carboxylic acid groups (broad SMARTS) is 1. The van der Waals surface area contributed by atoms with Crippen LogP contribution in [0.3, 0.4) is 0 Å². The second-order valence-electron chi connectivity index (χ2n) is 3.50. The number of carbonyl (C=O) groups is 1. The summed E-state index contributed by atoms with van der Waals surface area (Å²) in [6, 6.07) is 7.29. The Morgan fingerprint density at radius 1 is 1.53 bits per heavy atom. The van der Waals surface area contributed by atoms with Gasteiger partial charge in [0.25, 0.3) is 0 Å². The molecule has 17 heavy (non-hydrogen) atoms. The molecule has 0 spiro atoms. The van der Waals surface area contributed by atoms with Crippen LogP contribution in [0.15, 0.2) is 29.2 Å². The molecule has 0 unspecified atom stereocenters. The minimum atomic E-state index is -0.983. The van der Waals surface area contributed by atoms with Crippen molar-refractivity contribution in [3.05, 3.63) is 24.3 Å². The lowest BCUT2D eigenvalue weighted by Crippen LogP contribution is -2.22. The maximum Gasteiger partial charge on any atom is 0.344 e. The number of carboxylic acids is 1. The summed E-state index contributed by atoms with van der Waals surface area (Å²) in [6.07, 6.45) is -0.117. The largest absolute Gasteiger partial charge is 0.479 e. The number of aliphatic hydroxyl groups excluding tert-OH is 1. The van der Waals surface area contributed by atoms with Crippen LogP contribution in [0.1, 0.15) is 13.3 Å². The van der Waals surface area contributed by atoms with Gasteiger partial charge in [-0.05, 0) is 31.5 Å². The van der Waals surface area contributed by atoms with E-state index < -0.39 is 12.1 Å². The number of rotatable bonds is 7. The molecule has 0 saturated carbocycles. The van der Waals surface area contributed by atoms with Gasteiger partial charge in [0.15, 0.2) is 6.10 Å². The Kier molecular flexibility index (Phi) is 5.86. The van der Waals surface area contributed by atoms with Crippen LogP contribution in [0.4, 0.5) is 0 Å². The summed E-state index contributed by atoms with van der Waals surface area (Å²) in [5.74, 6) is 0.395. The maximum atomic E-state index is 10.6. The number of thioether (sulfide) groups is 1. The highest BCUT2D eigenvalue weighted by molar-refractivity contribution is 7.99. The number of hydrogen-bond acceptors (Lipinski definition) is 4. The normalized spacial score (nSPS) is 12.1. The average Bonchev–Trinajstić information content (AvgIpc) is 2.30. The molecule has 0 radical (unpaired) electrons. The van der Waals surface area contributed by atoms with Crippen molar-refractivity contribution < 1.29 is 19.7 Å². The number of aliphatic hydroxyl groups is 1. The predicted octanol–water partition coefficient (Wildman–Crippen LogP) is 2.01. The van der Waals surface area contributed by atoms with Crippen molar-refractivity contribution in [3.63, 3.8) is 0 Å².